The molecule has 1 rings (SSSR count). The Labute approximate surface area is 362 Å². The quantitative estimate of drug-likeness (QED) is 0.0563. The number of rotatable bonds is 28. The van der Waals surface area contributed by atoms with Gasteiger partial charge in [-0.1, -0.05) is 239 Å². The Morgan fingerprint density at radius 2 is 0.930 bits per heavy atom. The minimum absolute atomic E-state index is 0.895. The van der Waals surface area contributed by atoms with Crippen LogP contribution in [-0.2, 0) is 0 Å². The molecule has 0 bridgehead atoms. The molecule has 4 unspecified atom stereocenters. The van der Waals surface area contributed by atoms with Crippen LogP contribution in [0, 0.1) is 23.7 Å². The molecule has 0 aliphatic carbocycles. The number of unbranched alkanes of at least 4 members (excludes halogenated alkanes) is 17. The third kappa shape index (κ3) is 31.9. The highest BCUT2D eigenvalue weighted by Gasteiger charge is 2.30. The molecule has 0 spiro atoms. The molecule has 1 saturated heterocycles. The van der Waals surface area contributed by atoms with E-state index < -0.39 is 0 Å². The highest BCUT2D eigenvalue weighted by Crippen LogP contribution is 2.42. The van der Waals surface area contributed by atoms with Crippen LogP contribution in [0.3, 0.4) is 0 Å². The normalized spacial score (nSPS) is 21.6. The second-order valence-electron chi connectivity index (χ2n) is 19.8. The van der Waals surface area contributed by atoms with Gasteiger partial charge >= 0.3 is 0 Å². The molecule has 1 aliphatic heterocycles. The minimum atomic E-state index is 0.895. The lowest BCUT2D eigenvalue weighted by atomic mass is 9.68. The van der Waals surface area contributed by atoms with E-state index in [4.69, 9.17) is 6.58 Å². The molecule has 57 heavy (non-hydrogen) atoms. The highest BCUT2D eigenvalue weighted by molar-refractivity contribution is 4.96. The van der Waals surface area contributed by atoms with Gasteiger partial charge in [0.05, 0.1) is 0 Å². The van der Waals surface area contributed by atoms with Crippen LogP contribution in [0.5, 0.6) is 0 Å². The molecular weight excluding hydrogens is 687 g/mol. The first-order valence-electron chi connectivity index (χ1n) is 27.0. The summed E-state index contributed by atoms with van der Waals surface area (Å²) in [4.78, 5) is 2.83. The van der Waals surface area contributed by atoms with Gasteiger partial charge in [-0.3, -0.25) is 0 Å². The van der Waals surface area contributed by atoms with E-state index in [9.17, 15) is 0 Å². The Kier molecular flexibility index (Phi) is 39.0. The summed E-state index contributed by atoms with van der Waals surface area (Å²) in [6, 6.07) is 0. The van der Waals surface area contributed by atoms with E-state index in [1.807, 2.05) is 0 Å². The number of hydrogen-bond acceptors (Lipinski definition) is 1. The van der Waals surface area contributed by atoms with Gasteiger partial charge < -0.3 is 4.90 Å². The van der Waals surface area contributed by atoms with Crippen molar-refractivity contribution in [3.8, 4) is 0 Å². The van der Waals surface area contributed by atoms with E-state index >= 15 is 0 Å². The van der Waals surface area contributed by atoms with Crippen molar-refractivity contribution in [2.45, 2.75) is 291 Å². The zero-order chi connectivity index (χ0) is 41.4. The largest absolute Gasteiger partial charge is 0.303 e. The van der Waals surface area contributed by atoms with Crippen LogP contribution in [0.4, 0.5) is 0 Å². The SMILES string of the molecule is C=C1CCCCCN(CCCCCC)CCCCCC(=C)CCC(C(CCCCCC)CCCCCCCC)C(CCCC)CC(CCCCCCCC)CCC1. The summed E-state index contributed by atoms with van der Waals surface area (Å²) in [7, 11) is 0. The number of allylic oxidation sites excluding steroid dienone is 2. The van der Waals surface area contributed by atoms with E-state index in [0.717, 1.165) is 23.7 Å². The van der Waals surface area contributed by atoms with Crippen LogP contribution in [-0.4, -0.2) is 24.5 Å². The summed E-state index contributed by atoms with van der Waals surface area (Å²) < 4.78 is 0. The first-order valence-corrected chi connectivity index (χ1v) is 27.0. The summed E-state index contributed by atoms with van der Waals surface area (Å²) in [5.74, 6) is 3.63. The first kappa shape index (κ1) is 54.5. The van der Waals surface area contributed by atoms with Gasteiger partial charge in [-0.15, -0.1) is 0 Å². The summed E-state index contributed by atoms with van der Waals surface area (Å²) in [6.07, 6.45) is 56.3. The second-order valence-corrected chi connectivity index (χ2v) is 19.8. The zero-order valence-electron chi connectivity index (χ0n) is 40.6. The zero-order valence-corrected chi connectivity index (χ0v) is 40.6. The van der Waals surface area contributed by atoms with E-state index in [2.05, 4.69) is 46.1 Å². The van der Waals surface area contributed by atoms with Gasteiger partial charge in [0.15, 0.2) is 0 Å². The summed E-state index contributed by atoms with van der Waals surface area (Å²) in [5, 5.41) is 0. The van der Waals surface area contributed by atoms with Crippen molar-refractivity contribution in [1.29, 1.82) is 0 Å². The Morgan fingerprint density at radius 3 is 1.51 bits per heavy atom. The van der Waals surface area contributed by atoms with Crippen LogP contribution in [0.25, 0.3) is 0 Å². The van der Waals surface area contributed by atoms with Crippen LogP contribution >= 0.6 is 0 Å². The summed E-state index contributed by atoms with van der Waals surface area (Å²) in [6.45, 7) is 25.3. The molecule has 338 valence electrons. The average Bonchev–Trinajstić information content (AvgIpc) is 3.21. The van der Waals surface area contributed by atoms with Gasteiger partial charge in [-0.25, -0.2) is 0 Å². The van der Waals surface area contributed by atoms with E-state index in [0.29, 0.717) is 0 Å². The first-order chi connectivity index (χ1) is 28.0. The van der Waals surface area contributed by atoms with Crippen molar-refractivity contribution in [1.82, 2.24) is 4.90 Å². The molecule has 1 heteroatoms. The third-order valence-corrected chi connectivity index (χ3v) is 14.4. The summed E-state index contributed by atoms with van der Waals surface area (Å²) >= 11 is 0. The lowest BCUT2D eigenvalue weighted by molar-refractivity contribution is 0.140. The average molecular weight is 796 g/mol. The molecule has 0 saturated carbocycles. The van der Waals surface area contributed by atoms with Crippen LogP contribution < -0.4 is 0 Å². The monoisotopic (exact) mass is 796 g/mol. The fourth-order valence-electron chi connectivity index (χ4n) is 10.6. The predicted molar refractivity (Wildman–Crippen MR) is 262 cm³/mol. The molecule has 0 radical (unpaired) electrons. The van der Waals surface area contributed by atoms with Crippen LogP contribution in [0.1, 0.15) is 291 Å². The predicted octanol–water partition coefficient (Wildman–Crippen LogP) is 19.6. The fourth-order valence-corrected chi connectivity index (χ4v) is 10.6. The van der Waals surface area contributed by atoms with Crippen molar-refractivity contribution in [3.63, 3.8) is 0 Å². The molecule has 1 aliphatic rings. The van der Waals surface area contributed by atoms with Gasteiger partial charge in [0.2, 0.25) is 0 Å². The highest BCUT2D eigenvalue weighted by atomic mass is 15.1. The van der Waals surface area contributed by atoms with Crippen LogP contribution in [0.15, 0.2) is 24.3 Å². The molecule has 0 aromatic carbocycles. The molecule has 0 aromatic rings. The fraction of sp³-hybridized carbons (Fsp3) is 0.929. The summed E-state index contributed by atoms with van der Waals surface area (Å²) in [5.41, 5.74) is 3.14. The second kappa shape index (κ2) is 40.8. The van der Waals surface area contributed by atoms with E-state index in [-0.39, 0.29) is 0 Å². The molecule has 4 atom stereocenters. The standard InChI is InChI=1S/C56H109N/c1-8-13-18-22-24-30-40-53-41-36-39-51(6)37-28-26-34-48-57(47-33-21-16-11-4)49-35-27-29-38-52(7)45-46-56(55(50-53)42-17-12-5)54(43-31-20-15-10-3)44-32-25-23-19-14-9-2/h53-56H,6-50H2,1-5H3. The molecule has 1 nitrogen and oxygen atoms in total. The molecule has 1 heterocycles. The Hall–Kier alpha value is -0.560. The van der Waals surface area contributed by atoms with Gasteiger partial charge in [-0.05, 0) is 120 Å². The van der Waals surface area contributed by atoms with Crippen LogP contribution in [0.2, 0.25) is 0 Å². The molecular formula is C56H109N. The Bertz CT molecular complexity index is 857. The maximum Gasteiger partial charge on any atom is -0.00187 e. The van der Waals surface area contributed by atoms with Crippen molar-refractivity contribution in [2.24, 2.45) is 23.7 Å². The van der Waals surface area contributed by atoms with Gasteiger partial charge in [0.25, 0.3) is 0 Å². The molecule has 0 amide bonds. The third-order valence-electron chi connectivity index (χ3n) is 14.4. The maximum atomic E-state index is 4.81. The Morgan fingerprint density at radius 1 is 0.456 bits per heavy atom. The molecule has 0 N–H and O–H groups in total. The molecule has 1 fully saturated rings. The molecule has 0 aromatic heterocycles. The maximum absolute atomic E-state index is 4.81. The van der Waals surface area contributed by atoms with Gasteiger partial charge in [-0.2, -0.15) is 0 Å². The lowest BCUT2D eigenvalue weighted by Gasteiger charge is -2.37. The smallest absolute Gasteiger partial charge is 0.00187 e. The van der Waals surface area contributed by atoms with Crippen molar-refractivity contribution in [3.05, 3.63) is 24.3 Å². The number of nitrogens with zero attached hydrogens (tertiary/aromatic N) is 1. The topological polar surface area (TPSA) is 3.24 Å². The lowest BCUT2D eigenvalue weighted by Crippen LogP contribution is -2.27. The van der Waals surface area contributed by atoms with Gasteiger partial charge in [0.1, 0.15) is 0 Å². The van der Waals surface area contributed by atoms with Crippen molar-refractivity contribution >= 4 is 0 Å². The van der Waals surface area contributed by atoms with Gasteiger partial charge in [0, 0.05) is 0 Å². The number of hydrogen-bond donors (Lipinski definition) is 0. The van der Waals surface area contributed by atoms with E-state index in [1.165, 1.54) is 276 Å². The van der Waals surface area contributed by atoms with E-state index in [1.54, 1.807) is 11.1 Å². The Balaban J connectivity index is 3.30. The van der Waals surface area contributed by atoms with Crippen molar-refractivity contribution in [2.75, 3.05) is 19.6 Å². The minimum Gasteiger partial charge on any atom is -0.303 e. The van der Waals surface area contributed by atoms with Crippen molar-refractivity contribution < 1.29 is 0 Å².